The zero-order valence-electron chi connectivity index (χ0n) is 17.6. The maximum absolute atomic E-state index is 13.3. The third-order valence-corrected chi connectivity index (χ3v) is 8.27. The molecule has 0 saturated carbocycles. The summed E-state index contributed by atoms with van der Waals surface area (Å²) in [5, 5.41) is 12.0. The molecule has 1 fully saturated rings. The monoisotopic (exact) mass is 471 g/mol. The second-order valence-electron chi connectivity index (χ2n) is 8.39. The minimum atomic E-state index is -3.74. The molecule has 0 spiro atoms. The van der Waals surface area contributed by atoms with Crippen molar-refractivity contribution < 1.29 is 13.5 Å². The van der Waals surface area contributed by atoms with Gasteiger partial charge in [-0.3, -0.25) is 9.80 Å². The van der Waals surface area contributed by atoms with E-state index in [2.05, 4.69) is 32.7 Å². The van der Waals surface area contributed by atoms with Gasteiger partial charge in [-0.1, -0.05) is 48.0 Å². The molecule has 168 valence electrons. The number of nitrogens with one attached hydrogen (secondary N) is 1. The van der Waals surface area contributed by atoms with Gasteiger partial charge in [-0.25, -0.2) is 13.1 Å². The highest BCUT2D eigenvalue weighted by atomic mass is 35.5. The molecule has 32 heavy (non-hydrogen) atoms. The molecule has 0 bridgehead atoms. The Morgan fingerprint density at radius 3 is 2.25 bits per heavy atom. The fourth-order valence-electron chi connectivity index (χ4n) is 5.05. The van der Waals surface area contributed by atoms with Crippen molar-refractivity contribution in [1.82, 2.24) is 14.5 Å². The maximum Gasteiger partial charge on any atom is 0.241 e. The van der Waals surface area contributed by atoms with Crippen molar-refractivity contribution in [3.8, 4) is 0 Å². The van der Waals surface area contributed by atoms with Crippen molar-refractivity contribution in [1.29, 1.82) is 0 Å². The van der Waals surface area contributed by atoms with E-state index in [1.165, 1.54) is 12.1 Å². The summed E-state index contributed by atoms with van der Waals surface area (Å²) in [6.07, 6.45) is 0. The smallest absolute Gasteiger partial charge is 0.241 e. The van der Waals surface area contributed by atoms with Crippen LogP contribution in [0.5, 0.6) is 0 Å². The van der Waals surface area contributed by atoms with Crippen LogP contribution in [-0.4, -0.2) is 62.7 Å². The van der Waals surface area contributed by atoms with Gasteiger partial charge < -0.3 is 5.11 Å². The van der Waals surface area contributed by atoms with Gasteiger partial charge in [0.05, 0.1) is 23.6 Å². The first-order valence-electron chi connectivity index (χ1n) is 10.8. The highest BCUT2D eigenvalue weighted by molar-refractivity contribution is 7.89. The molecule has 1 aliphatic heterocycles. The van der Waals surface area contributed by atoms with E-state index in [0.29, 0.717) is 11.6 Å². The Labute approximate surface area is 193 Å². The van der Waals surface area contributed by atoms with E-state index < -0.39 is 10.0 Å². The molecule has 0 amide bonds. The zero-order valence-corrected chi connectivity index (χ0v) is 19.2. The van der Waals surface area contributed by atoms with Crippen molar-refractivity contribution in [2.45, 2.75) is 17.0 Å². The number of rotatable bonds is 6. The van der Waals surface area contributed by atoms with Crippen molar-refractivity contribution in [2.75, 3.05) is 39.3 Å². The number of hydrogen-bond acceptors (Lipinski definition) is 5. The molecule has 1 saturated heterocycles. The van der Waals surface area contributed by atoms with E-state index in [9.17, 15) is 13.5 Å². The fourth-order valence-corrected chi connectivity index (χ4v) is 6.39. The summed E-state index contributed by atoms with van der Waals surface area (Å²) in [4.78, 5) is 4.82. The van der Waals surface area contributed by atoms with Crippen LogP contribution < -0.4 is 4.72 Å². The number of aliphatic hydroxyl groups is 1. The van der Waals surface area contributed by atoms with E-state index in [-0.39, 0.29) is 23.6 Å². The summed E-state index contributed by atoms with van der Waals surface area (Å²) in [5.41, 5.74) is 2.18. The topological polar surface area (TPSA) is 72.9 Å². The van der Waals surface area contributed by atoms with Crippen LogP contribution in [0.3, 0.4) is 0 Å². The summed E-state index contributed by atoms with van der Waals surface area (Å²) >= 11 is 5.96. The van der Waals surface area contributed by atoms with E-state index in [1.807, 2.05) is 18.2 Å². The van der Waals surface area contributed by atoms with Crippen molar-refractivity contribution in [3.05, 3.63) is 76.8 Å². The van der Waals surface area contributed by atoms with Crippen LogP contribution in [0, 0.1) is 0 Å². The van der Waals surface area contributed by atoms with Gasteiger partial charge in [-0.15, -0.1) is 0 Å². The standard InChI is InChI=1S/C24H26ClN3O3S/c25-18-7-9-19(10-8-18)32(30,31)26-23-20-5-1-3-17-4-2-6-21(22(17)20)24(23)28-13-11-27(12-14-28)15-16-29/h1-10,23-24,26,29H,11-16H2/t23-,24-/m0/s1. The van der Waals surface area contributed by atoms with Crippen molar-refractivity contribution in [2.24, 2.45) is 0 Å². The van der Waals surface area contributed by atoms with Crippen molar-refractivity contribution >= 4 is 32.4 Å². The van der Waals surface area contributed by atoms with E-state index in [1.54, 1.807) is 12.1 Å². The van der Waals surface area contributed by atoms with Crippen LogP contribution in [0.2, 0.25) is 5.02 Å². The third-order valence-electron chi connectivity index (χ3n) is 6.56. The first-order valence-corrected chi connectivity index (χ1v) is 12.7. The van der Waals surface area contributed by atoms with Gasteiger partial charge in [0.1, 0.15) is 0 Å². The predicted molar refractivity (Wildman–Crippen MR) is 126 cm³/mol. The van der Waals surface area contributed by atoms with E-state index >= 15 is 0 Å². The van der Waals surface area contributed by atoms with Gasteiger partial charge in [0.25, 0.3) is 0 Å². The lowest BCUT2D eigenvalue weighted by Crippen LogP contribution is -2.50. The molecule has 0 unspecified atom stereocenters. The molecule has 0 radical (unpaired) electrons. The Morgan fingerprint density at radius 2 is 1.59 bits per heavy atom. The van der Waals surface area contributed by atoms with Gasteiger partial charge in [0.2, 0.25) is 10.0 Å². The molecule has 3 aromatic carbocycles. The third kappa shape index (κ3) is 3.94. The summed E-state index contributed by atoms with van der Waals surface area (Å²) < 4.78 is 29.7. The number of β-amino-alcohol motifs (C(OH)–C–C–N with tert-alkyl or cyclic N) is 1. The van der Waals surface area contributed by atoms with Gasteiger partial charge >= 0.3 is 0 Å². The number of benzene rings is 3. The molecular formula is C24H26ClN3O3S. The lowest BCUT2D eigenvalue weighted by Gasteiger charge is -2.40. The second-order valence-corrected chi connectivity index (χ2v) is 10.5. The average molecular weight is 472 g/mol. The van der Waals surface area contributed by atoms with E-state index in [0.717, 1.165) is 48.1 Å². The maximum atomic E-state index is 13.3. The van der Waals surface area contributed by atoms with Gasteiger partial charge in [-0.2, -0.15) is 0 Å². The number of nitrogens with zero attached hydrogens (tertiary/aromatic N) is 2. The molecule has 3 aromatic rings. The normalized spacial score (nSPS) is 21.9. The van der Waals surface area contributed by atoms with Gasteiger partial charge in [-0.05, 0) is 46.2 Å². The van der Waals surface area contributed by atoms with Gasteiger partial charge in [0.15, 0.2) is 0 Å². The number of hydrogen-bond donors (Lipinski definition) is 2. The molecule has 8 heteroatoms. The molecule has 5 rings (SSSR count). The molecule has 2 N–H and O–H groups in total. The largest absolute Gasteiger partial charge is 0.395 e. The molecule has 2 atom stereocenters. The lowest BCUT2D eigenvalue weighted by molar-refractivity contribution is 0.0743. The zero-order chi connectivity index (χ0) is 22.3. The van der Waals surface area contributed by atoms with Crippen LogP contribution in [0.4, 0.5) is 0 Å². The molecule has 1 heterocycles. The summed E-state index contributed by atoms with van der Waals surface area (Å²) in [6, 6.07) is 18.1. The summed E-state index contributed by atoms with van der Waals surface area (Å²) in [7, 11) is -3.74. The number of sulfonamides is 1. The molecular weight excluding hydrogens is 446 g/mol. The molecule has 1 aliphatic carbocycles. The predicted octanol–water partition coefficient (Wildman–Crippen LogP) is 3.18. The number of halogens is 1. The van der Waals surface area contributed by atoms with Crippen LogP contribution in [0.1, 0.15) is 23.2 Å². The Morgan fingerprint density at radius 1 is 0.938 bits per heavy atom. The number of aliphatic hydroxyl groups excluding tert-OH is 1. The Hall–Kier alpha value is -2.00. The minimum Gasteiger partial charge on any atom is -0.395 e. The van der Waals surface area contributed by atoms with Gasteiger partial charge in [0, 0.05) is 37.7 Å². The Bertz CT molecular complexity index is 1220. The van der Waals surface area contributed by atoms with Crippen LogP contribution in [0.15, 0.2) is 65.6 Å². The van der Waals surface area contributed by atoms with Crippen LogP contribution in [-0.2, 0) is 10.0 Å². The number of piperazine rings is 1. The SMILES string of the molecule is O=S(=O)(N[C@H]1c2cccc3cccc(c23)[C@@H]1N1CCN(CCO)CC1)c1ccc(Cl)cc1. The first kappa shape index (κ1) is 21.8. The highest BCUT2D eigenvalue weighted by Crippen LogP contribution is 2.47. The Balaban J connectivity index is 1.52. The Kier molecular flexibility index (Phi) is 5.96. The van der Waals surface area contributed by atoms with Crippen molar-refractivity contribution in [3.63, 3.8) is 0 Å². The first-order chi connectivity index (χ1) is 15.5. The van der Waals surface area contributed by atoms with E-state index in [4.69, 9.17) is 11.6 Å². The molecule has 6 nitrogen and oxygen atoms in total. The second kappa shape index (κ2) is 8.74. The summed E-state index contributed by atoms with van der Waals surface area (Å²) in [5.74, 6) is 0. The fraction of sp³-hybridized carbons (Fsp3) is 0.333. The minimum absolute atomic E-state index is 0.0885. The van der Waals surface area contributed by atoms with Crippen LogP contribution >= 0.6 is 11.6 Å². The quantitative estimate of drug-likeness (QED) is 0.577. The summed E-state index contributed by atoms with van der Waals surface area (Å²) in [6.45, 7) is 4.14. The average Bonchev–Trinajstić information content (AvgIpc) is 3.10. The molecule has 2 aliphatic rings. The lowest BCUT2D eigenvalue weighted by atomic mass is 10.0. The highest BCUT2D eigenvalue weighted by Gasteiger charge is 2.41. The van der Waals surface area contributed by atoms with Crippen LogP contribution in [0.25, 0.3) is 10.8 Å². The molecule has 0 aromatic heterocycles.